The number of hydrogen-bond donors (Lipinski definition) is 0. The van der Waals surface area contributed by atoms with E-state index in [4.69, 9.17) is 0 Å². The van der Waals surface area contributed by atoms with Crippen LogP contribution in [-0.4, -0.2) is 30.3 Å². The number of rotatable bonds is 4. The number of likely N-dealkylation sites (N-methyl/N-ethyl adjacent to an activating group) is 1. The summed E-state index contributed by atoms with van der Waals surface area (Å²) in [5.41, 5.74) is 2.07. The summed E-state index contributed by atoms with van der Waals surface area (Å²) >= 11 is 0. The van der Waals surface area contributed by atoms with Gasteiger partial charge in [-0.1, -0.05) is 38.5 Å². The Morgan fingerprint density at radius 1 is 1.40 bits per heavy atom. The van der Waals surface area contributed by atoms with Crippen LogP contribution in [0.2, 0.25) is 0 Å². The van der Waals surface area contributed by atoms with Gasteiger partial charge in [-0.05, 0) is 25.9 Å². The number of aldehydes is 1. The van der Waals surface area contributed by atoms with Crippen LogP contribution < -0.4 is 0 Å². The zero-order valence-electron chi connectivity index (χ0n) is 10.2. The van der Waals surface area contributed by atoms with E-state index < -0.39 is 0 Å². The Balaban J connectivity index is 2.88. The van der Waals surface area contributed by atoms with Gasteiger partial charge in [-0.2, -0.15) is 0 Å². The van der Waals surface area contributed by atoms with Crippen molar-refractivity contribution >= 4 is 6.29 Å². The number of carbonyl (C=O) groups is 1. The van der Waals surface area contributed by atoms with Crippen molar-refractivity contribution < 1.29 is 4.79 Å². The first-order chi connectivity index (χ1) is 7.15. The molecule has 0 aromatic heterocycles. The molecule has 0 amide bonds. The average molecular weight is 207 g/mol. The van der Waals surface area contributed by atoms with Crippen molar-refractivity contribution in [3.8, 4) is 0 Å². The van der Waals surface area contributed by atoms with Crippen molar-refractivity contribution in [1.29, 1.82) is 0 Å². The summed E-state index contributed by atoms with van der Waals surface area (Å²) in [5.74, 6) is 0.440. The average Bonchev–Trinajstić information content (AvgIpc) is 2.26. The maximum absolute atomic E-state index is 10.8. The number of carbonyl (C=O) groups excluding carboxylic acids is 1. The first kappa shape index (κ1) is 12.2. The minimum atomic E-state index is 0.440. The van der Waals surface area contributed by atoms with Crippen molar-refractivity contribution in [3.05, 3.63) is 23.3 Å². The Kier molecular flexibility index (Phi) is 4.28. The molecule has 1 aliphatic carbocycles. The standard InChI is InChI=1S/C13H21NO/c1-5-14(6-2)13-8-7-12(9-15)10(3)11(13)4/h7-9,11,13H,5-6H2,1-4H3. The molecule has 15 heavy (non-hydrogen) atoms. The molecule has 0 bridgehead atoms. The van der Waals surface area contributed by atoms with Crippen LogP contribution in [0, 0.1) is 5.92 Å². The molecule has 0 aromatic carbocycles. The van der Waals surface area contributed by atoms with Crippen molar-refractivity contribution in [2.75, 3.05) is 13.1 Å². The molecule has 0 N–H and O–H groups in total. The number of nitrogens with zero attached hydrogens (tertiary/aromatic N) is 1. The van der Waals surface area contributed by atoms with Gasteiger partial charge in [-0.15, -0.1) is 0 Å². The van der Waals surface area contributed by atoms with E-state index in [-0.39, 0.29) is 0 Å². The van der Waals surface area contributed by atoms with Crippen molar-refractivity contribution in [3.63, 3.8) is 0 Å². The van der Waals surface area contributed by atoms with Gasteiger partial charge >= 0.3 is 0 Å². The molecule has 0 aromatic rings. The van der Waals surface area contributed by atoms with Gasteiger partial charge in [0.05, 0.1) is 0 Å². The summed E-state index contributed by atoms with van der Waals surface area (Å²) in [5, 5.41) is 0. The van der Waals surface area contributed by atoms with Gasteiger partial charge in [-0.25, -0.2) is 0 Å². The Morgan fingerprint density at radius 2 is 2.00 bits per heavy atom. The van der Waals surface area contributed by atoms with Crippen LogP contribution in [0.4, 0.5) is 0 Å². The third kappa shape index (κ3) is 2.37. The van der Waals surface area contributed by atoms with E-state index >= 15 is 0 Å². The van der Waals surface area contributed by atoms with Crippen molar-refractivity contribution in [1.82, 2.24) is 4.90 Å². The summed E-state index contributed by atoms with van der Waals surface area (Å²) < 4.78 is 0. The molecule has 2 heteroatoms. The molecule has 0 saturated heterocycles. The summed E-state index contributed by atoms with van der Waals surface area (Å²) in [4.78, 5) is 13.2. The molecule has 2 unspecified atom stereocenters. The third-order valence-corrected chi connectivity index (χ3v) is 3.48. The molecule has 0 heterocycles. The van der Waals surface area contributed by atoms with Crippen LogP contribution in [0.3, 0.4) is 0 Å². The fraction of sp³-hybridized carbons (Fsp3) is 0.615. The Morgan fingerprint density at radius 3 is 2.47 bits per heavy atom. The summed E-state index contributed by atoms with van der Waals surface area (Å²) in [6.07, 6.45) is 5.08. The zero-order chi connectivity index (χ0) is 11.4. The molecule has 2 nitrogen and oxygen atoms in total. The molecular weight excluding hydrogens is 186 g/mol. The topological polar surface area (TPSA) is 20.3 Å². The molecule has 0 fully saturated rings. The molecule has 0 spiro atoms. The van der Waals surface area contributed by atoms with E-state index in [0.29, 0.717) is 12.0 Å². The molecular formula is C13H21NO. The lowest BCUT2D eigenvalue weighted by atomic mass is 9.85. The Bertz CT molecular complexity index is 287. The second kappa shape index (κ2) is 5.26. The molecule has 0 radical (unpaired) electrons. The lowest BCUT2D eigenvalue weighted by Gasteiger charge is -2.35. The monoisotopic (exact) mass is 207 g/mol. The Labute approximate surface area is 92.7 Å². The first-order valence-electron chi connectivity index (χ1n) is 5.73. The van der Waals surface area contributed by atoms with Crippen molar-refractivity contribution in [2.24, 2.45) is 5.92 Å². The van der Waals surface area contributed by atoms with Crippen molar-refractivity contribution in [2.45, 2.75) is 33.7 Å². The lowest BCUT2D eigenvalue weighted by Crippen LogP contribution is -2.40. The van der Waals surface area contributed by atoms with Crippen LogP contribution >= 0.6 is 0 Å². The van der Waals surface area contributed by atoms with Gasteiger partial charge in [0.25, 0.3) is 0 Å². The number of hydrogen-bond acceptors (Lipinski definition) is 2. The second-order valence-electron chi connectivity index (χ2n) is 4.12. The maximum Gasteiger partial charge on any atom is 0.149 e. The minimum absolute atomic E-state index is 0.440. The predicted molar refractivity (Wildman–Crippen MR) is 63.8 cm³/mol. The highest BCUT2D eigenvalue weighted by Gasteiger charge is 2.25. The van der Waals surface area contributed by atoms with E-state index in [0.717, 1.165) is 24.9 Å². The summed E-state index contributed by atoms with van der Waals surface area (Å²) in [6, 6.07) is 0.448. The Hall–Kier alpha value is -0.890. The fourth-order valence-corrected chi connectivity index (χ4v) is 2.23. The van der Waals surface area contributed by atoms with Gasteiger partial charge in [0.2, 0.25) is 0 Å². The van der Waals surface area contributed by atoms with E-state index in [1.807, 2.05) is 6.08 Å². The van der Waals surface area contributed by atoms with E-state index in [9.17, 15) is 4.79 Å². The normalized spacial score (nSPS) is 26.2. The minimum Gasteiger partial charge on any atom is -0.298 e. The highest BCUT2D eigenvalue weighted by Crippen LogP contribution is 2.27. The molecule has 1 rings (SSSR count). The zero-order valence-corrected chi connectivity index (χ0v) is 10.2. The highest BCUT2D eigenvalue weighted by atomic mass is 16.1. The largest absolute Gasteiger partial charge is 0.298 e. The lowest BCUT2D eigenvalue weighted by molar-refractivity contribution is -0.104. The van der Waals surface area contributed by atoms with Gasteiger partial charge in [0, 0.05) is 11.6 Å². The van der Waals surface area contributed by atoms with Gasteiger partial charge in [-0.3, -0.25) is 9.69 Å². The SMILES string of the molecule is CCN(CC)C1C=CC(C=O)=C(C)C1C. The van der Waals surface area contributed by atoms with Gasteiger partial charge in [0.1, 0.15) is 6.29 Å². The van der Waals surface area contributed by atoms with E-state index in [2.05, 4.69) is 38.7 Å². The molecule has 2 atom stereocenters. The summed E-state index contributed by atoms with van der Waals surface area (Å²) in [7, 11) is 0. The van der Waals surface area contributed by atoms with Crippen LogP contribution in [-0.2, 0) is 4.79 Å². The number of allylic oxidation sites excluding steroid dienone is 2. The first-order valence-corrected chi connectivity index (χ1v) is 5.73. The molecule has 84 valence electrons. The molecule has 1 aliphatic rings. The molecule has 0 saturated carbocycles. The predicted octanol–water partition coefficient (Wildman–Crippen LogP) is 2.42. The van der Waals surface area contributed by atoms with Crippen LogP contribution in [0.15, 0.2) is 23.3 Å². The van der Waals surface area contributed by atoms with Crippen LogP contribution in [0.5, 0.6) is 0 Å². The van der Waals surface area contributed by atoms with E-state index in [1.54, 1.807) is 0 Å². The third-order valence-electron chi connectivity index (χ3n) is 3.48. The van der Waals surface area contributed by atoms with Gasteiger partial charge in [0.15, 0.2) is 0 Å². The maximum atomic E-state index is 10.8. The molecule has 0 aliphatic heterocycles. The second-order valence-corrected chi connectivity index (χ2v) is 4.12. The fourth-order valence-electron chi connectivity index (χ4n) is 2.23. The van der Waals surface area contributed by atoms with Crippen LogP contribution in [0.25, 0.3) is 0 Å². The van der Waals surface area contributed by atoms with Gasteiger partial charge < -0.3 is 0 Å². The highest BCUT2D eigenvalue weighted by molar-refractivity contribution is 5.79. The summed E-state index contributed by atoms with van der Waals surface area (Å²) in [6.45, 7) is 10.7. The quantitative estimate of drug-likeness (QED) is 0.660. The van der Waals surface area contributed by atoms with E-state index in [1.165, 1.54) is 5.57 Å². The van der Waals surface area contributed by atoms with Crippen LogP contribution in [0.1, 0.15) is 27.7 Å². The smallest absolute Gasteiger partial charge is 0.149 e.